The first-order chi connectivity index (χ1) is 50.8. The van der Waals surface area contributed by atoms with Crippen LogP contribution in [-0.4, -0.2) is 172 Å². The van der Waals surface area contributed by atoms with Crippen molar-refractivity contribution in [2.75, 3.05) is 111 Å². The molecular formula is C77H83N9O15S4. The Morgan fingerprint density at radius 3 is 1.42 bits per heavy atom. The molecule has 0 saturated carbocycles. The summed E-state index contributed by atoms with van der Waals surface area (Å²) >= 11 is 2.07. The number of ether oxygens (including phenoxy) is 5. The van der Waals surface area contributed by atoms with Crippen molar-refractivity contribution < 1.29 is 69.0 Å². The highest BCUT2D eigenvalue weighted by atomic mass is 32.2. The van der Waals surface area contributed by atoms with Gasteiger partial charge in [-0.15, -0.1) is 22.7 Å². The van der Waals surface area contributed by atoms with Crippen LogP contribution in [0, 0.1) is 0 Å². The van der Waals surface area contributed by atoms with Crippen LogP contribution in [0.25, 0.3) is 10.6 Å². The summed E-state index contributed by atoms with van der Waals surface area (Å²) < 4.78 is 89.8. The molecule has 4 atom stereocenters. The average Bonchev–Trinajstić information content (AvgIpc) is 1.61. The molecule has 9 aromatic rings. The number of carbonyl (C=O) groups excluding carboxylic acids is 5. The van der Waals surface area contributed by atoms with E-state index in [0.29, 0.717) is 106 Å². The summed E-state index contributed by atoms with van der Waals surface area (Å²) in [6.45, 7) is 10.5. The van der Waals surface area contributed by atoms with Crippen molar-refractivity contribution in [3.05, 3.63) is 219 Å². The van der Waals surface area contributed by atoms with Gasteiger partial charge in [-0.2, -0.15) is 0 Å². The molecule has 13 rings (SSSR count). The number of imide groups is 2. The Hall–Kier alpha value is -9.78. The third-order valence-corrected chi connectivity index (χ3v) is 25.3. The Kier molecular flexibility index (Phi) is 23.6. The van der Waals surface area contributed by atoms with E-state index in [9.17, 15) is 40.8 Å². The third-order valence-electron chi connectivity index (χ3n) is 19.7. The zero-order chi connectivity index (χ0) is 74.1. The van der Waals surface area contributed by atoms with Gasteiger partial charge in [0.1, 0.15) is 25.9 Å². The second kappa shape index (κ2) is 33.1. The summed E-state index contributed by atoms with van der Waals surface area (Å²) in [6.07, 6.45) is 2.56. The van der Waals surface area contributed by atoms with Crippen molar-refractivity contribution in [2.45, 2.75) is 72.8 Å². The second-order valence-electron chi connectivity index (χ2n) is 25.5. The van der Waals surface area contributed by atoms with E-state index in [1.54, 1.807) is 54.6 Å². The summed E-state index contributed by atoms with van der Waals surface area (Å²) in [6, 6.07) is 47.5. The number of thiophene rings is 2. The molecule has 24 nitrogen and oxygen atoms in total. The lowest BCUT2D eigenvalue weighted by Gasteiger charge is -2.39. The standard InChI is InChI=1S/C39H41N5O7S2.C38H42N4O8S2/c1-26(27-9-5-4-6-10-27)42-20-22-43(23-21-42)32-12-7-11-29-37(32)39(46)44(38(29)45)31(28-14-15-33(49-2)34(25-28)50-3)13-8-19-40-53(47,48)36-17-16-35(52-36)30-18-24-51-41-30;1-25(26-10-6-5-7-11-26)40-19-21-41(22-20-40)30-13-8-12-28-34(30)37(44)42(36(28)43)29(27-15-16-31(48-2)32(24-27)49-3)14-9-18-39-52(46,47)33-17-23-51-35(33)38(45)50-4/h4-7,9-12,14-18,24-26,31,40H,8,13,19-23H2,1-3H3;5-8,10-13,15-17,23-25,29,39H,9,14,18-22H2,1-4H3/t26-,31?;25-,29?/m11/s1. The zero-order valence-corrected chi connectivity index (χ0v) is 62.5. The average molecular weight is 1500 g/mol. The number of methoxy groups -OCH3 is 5. The molecule has 4 aliphatic heterocycles. The minimum atomic E-state index is -4.05. The maximum absolute atomic E-state index is 14.5. The number of sulfonamides is 2. The maximum Gasteiger partial charge on any atom is 0.349 e. The van der Waals surface area contributed by atoms with Gasteiger partial charge in [-0.1, -0.05) is 90.1 Å². The second-order valence-corrected chi connectivity index (χ2v) is 31.3. The van der Waals surface area contributed by atoms with Crippen LogP contribution in [0.2, 0.25) is 0 Å². The number of esters is 1. The fourth-order valence-electron chi connectivity index (χ4n) is 14.1. The molecule has 0 bridgehead atoms. The normalized spacial score (nSPS) is 16.1. The van der Waals surface area contributed by atoms with E-state index in [1.807, 2.05) is 54.6 Å². The zero-order valence-electron chi connectivity index (χ0n) is 59.3. The highest BCUT2D eigenvalue weighted by Gasteiger charge is 2.45. The van der Waals surface area contributed by atoms with Gasteiger partial charge in [0.25, 0.3) is 23.6 Å². The number of carbonyl (C=O) groups is 5. The van der Waals surface area contributed by atoms with Gasteiger partial charge in [-0.05, 0) is 134 Å². The van der Waals surface area contributed by atoms with Crippen LogP contribution < -0.4 is 38.2 Å². The van der Waals surface area contributed by atoms with Crippen LogP contribution in [0.15, 0.2) is 183 Å². The minimum Gasteiger partial charge on any atom is -0.493 e. The summed E-state index contributed by atoms with van der Waals surface area (Å²) in [5.41, 5.74) is 7.29. The summed E-state index contributed by atoms with van der Waals surface area (Å²) in [7, 11) is -0.585. The molecule has 6 aromatic carbocycles. The van der Waals surface area contributed by atoms with Crippen molar-refractivity contribution in [1.82, 2.24) is 34.2 Å². The first kappa shape index (κ1) is 74.9. The topological polar surface area (TPSA) is 269 Å². The van der Waals surface area contributed by atoms with Crippen molar-refractivity contribution in [3.63, 3.8) is 0 Å². The summed E-state index contributed by atoms with van der Waals surface area (Å²) in [4.78, 5) is 81.8. The van der Waals surface area contributed by atoms with E-state index in [4.69, 9.17) is 28.2 Å². The van der Waals surface area contributed by atoms with E-state index < -0.39 is 49.9 Å². The van der Waals surface area contributed by atoms with Crippen molar-refractivity contribution >= 4 is 83.7 Å². The lowest BCUT2D eigenvalue weighted by molar-refractivity contribution is 0.0557. The monoisotopic (exact) mass is 1500 g/mol. The van der Waals surface area contributed by atoms with Crippen molar-refractivity contribution in [2.24, 2.45) is 0 Å². The van der Waals surface area contributed by atoms with Crippen LogP contribution in [0.1, 0.15) is 137 Å². The number of amides is 4. The highest BCUT2D eigenvalue weighted by Crippen LogP contribution is 2.44. The first-order valence-corrected chi connectivity index (χ1v) is 39.1. The Balaban J connectivity index is 0.000000197. The molecule has 2 N–H and O–H groups in total. The van der Waals surface area contributed by atoms with Gasteiger partial charge in [0, 0.05) is 83.6 Å². The van der Waals surface area contributed by atoms with Crippen LogP contribution >= 0.6 is 22.7 Å². The molecule has 550 valence electrons. The Bertz CT molecular complexity index is 4830. The van der Waals surface area contributed by atoms with Gasteiger partial charge < -0.3 is 38.0 Å². The third kappa shape index (κ3) is 15.9. The Labute approximate surface area is 619 Å². The summed E-state index contributed by atoms with van der Waals surface area (Å²) in [5.74, 6) is -0.444. The molecule has 3 aromatic heterocycles. The number of piperazine rings is 2. The molecule has 105 heavy (non-hydrogen) atoms. The van der Waals surface area contributed by atoms with Gasteiger partial charge in [0.2, 0.25) is 20.0 Å². The van der Waals surface area contributed by atoms with E-state index in [0.717, 1.165) is 60.2 Å². The number of nitrogens with one attached hydrogen (secondary N) is 2. The molecule has 0 radical (unpaired) electrons. The fraction of sp³-hybridized carbons (Fsp3) is 0.325. The molecule has 2 saturated heterocycles. The van der Waals surface area contributed by atoms with Gasteiger partial charge in [0.15, 0.2) is 23.0 Å². The molecule has 0 spiro atoms. The van der Waals surface area contributed by atoms with Crippen molar-refractivity contribution in [1.29, 1.82) is 0 Å². The van der Waals surface area contributed by atoms with Crippen LogP contribution in [-0.2, 0) is 24.8 Å². The SMILES string of the molecule is COC(=O)c1sccc1S(=O)(=O)NCCCC(c1ccc(OC)c(OC)c1)N1C(=O)c2cccc(N3CCN([C@H](C)c4ccccc4)CC3)c2C1=O.COc1ccc(C(CCCNS(=O)(=O)c2ccc(-c3ccon3)s2)N2C(=O)c3cccc(N4CCN([C@H](C)c5ccccc5)CC4)c3C2=O)cc1OC. The van der Waals surface area contributed by atoms with Gasteiger partial charge in [-0.25, -0.2) is 31.1 Å². The molecular weight excluding hydrogens is 1420 g/mol. The molecule has 2 unspecified atom stereocenters. The quantitative estimate of drug-likeness (QED) is 0.0262. The smallest absolute Gasteiger partial charge is 0.349 e. The maximum atomic E-state index is 14.5. The molecule has 7 heterocycles. The highest BCUT2D eigenvalue weighted by molar-refractivity contribution is 7.91. The van der Waals surface area contributed by atoms with Gasteiger partial charge in [0.05, 0.1) is 86.1 Å². The summed E-state index contributed by atoms with van der Waals surface area (Å²) in [5, 5.41) is 5.39. The predicted octanol–water partition coefficient (Wildman–Crippen LogP) is 11.9. The molecule has 28 heteroatoms. The van der Waals surface area contributed by atoms with Crippen LogP contribution in [0.3, 0.4) is 0 Å². The van der Waals surface area contributed by atoms with Gasteiger partial charge >= 0.3 is 5.97 Å². The number of hydrogen-bond donors (Lipinski definition) is 2. The molecule has 4 amide bonds. The van der Waals surface area contributed by atoms with Gasteiger partial charge in [-0.3, -0.25) is 38.8 Å². The molecule has 0 aliphatic carbocycles. The number of aromatic nitrogens is 1. The van der Waals surface area contributed by atoms with E-state index in [1.165, 1.54) is 80.3 Å². The number of benzene rings is 6. The predicted molar refractivity (Wildman–Crippen MR) is 400 cm³/mol. The van der Waals surface area contributed by atoms with Crippen molar-refractivity contribution in [3.8, 4) is 33.6 Å². The number of anilines is 2. The van der Waals surface area contributed by atoms with E-state index in [-0.39, 0.29) is 63.8 Å². The molecule has 4 aliphatic rings. The fourth-order valence-corrected chi connectivity index (χ4v) is 18.9. The number of rotatable bonds is 28. The van der Waals surface area contributed by atoms with E-state index in [2.05, 4.69) is 84.4 Å². The Morgan fingerprint density at radius 2 is 0.981 bits per heavy atom. The van der Waals surface area contributed by atoms with E-state index >= 15 is 0 Å². The Morgan fingerprint density at radius 1 is 0.514 bits per heavy atom. The largest absolute Gasteiger partial charge is 0.493 e. The number of nitrogens with zero attached hydrogens (tertiary/aromatic N) is 7. The first-order valence-electron chi connectivity index (χ1n) is 34.5. The molecule has 2 fully saturated rings. The van der Waals surface area contributed by atoms with Crippen LogP contribution in [0.4, 0.5) is 11.4 Å². The lowest BCUT2D eigenvalue weighted by Crippen LogP contribution is -2.47. The number of hydrogen-bond acceptors (Lipinski definition) is 22. The van der Waals surface area contributed by atoms with Crippen LogP contribution in [0.5, 0.6) is 23.0 Å². The minimum absolute atomic E-state index is 0.0112. The lowest BCUT2D eigenvalue weighted by atomic mass is 9.99. The number of fused-ring (bicyclic) bond motifs is 2.